The molecule has 0 bridgehead atoms. The van der Waals surface area contributed by atoms with Crippen LogP contribution in [0.1, 0.15) is 11.5 Å². The summed E-state index contributed by atoms with van der Waals surface area (Å²) in [5.74, 6) is 0.878. The Morgan fingerprint density at radius 1 is 1.22 bits per heavy atom. The molecule has 8 heteroatoms. The van der Waals surface area contributed by atoms with Gasteiger partial charge in [-0.05, 0) is 36.9 Å². The number of nitrogens with zero attached hydrogens (tertiary/aromatic N) is 4. The molecule has 0 spiro atoms. The third kappa shape index (κ3) is 3.95. The predicted molar refractivity (Wildman–Crippen MR) is 81.5 cm³/mol. The van der Waals surface area contributed by atoms with Crippen LogP contribution in [0, 0.1) is 6.92 Å². The molecule has 120 valence electrons. The van der Waals surface area contributed by atoms with Gasteiger partial charge in [0.05, 0.1) is 18.6 Å². The van der Waals surface area contributed by atoms with Gasteiger partial charge in [0.1, 0.15) is 5.82 Å². The zero-order valence-corrected chi connectivity index (χ0v) is 13.0. The molecule has 0 aliphatic carbocycles. The maximum Gasteiger partial charge on any atom is 0.446 e. The molecule has 4 nitrogen and oxygen atoms in total. The second kappa shape index (κ2) is 6.11. The van der Waals surface area contributed by atoms with Crippen LogP contribution in [0.3, 0.4) is 0 Å². The Hall–Kier alpha value is -2.22. The smallest absolute Gasteiger partial charge is 0.329 e. The molecule has 3 aromatic rings. The summed E-state index contributed by atoms with van der Waals surface area (Å²) in [5, 5.41) is 0. The van der Waals surface area contributed by atoms with Crippen molar-refractivity contribution < 1.29 is 13.2 Å². The number of thioether (sulfide) groups is 1. The summed E-state index contributed by atoms with van der Waals surface area (Å²) >= 11 is -0.124. The van der Waals surface area contributed by atoms with E-state index in [1.807, 2.05) is 17.7 Å². The minimum Gasteiger partial charge on any atom is -0.329 e. The van der Waals surface area contributed by atoms with Gasteiger partial charge in [0.25, 0.3) is 0 Å². The normalized spacial score (nSPS) is 11.8. The maximum atomic E-state index is 12.5. The van der Waals surface area contributed by atoms with E-state index in [1.54, 1.807) is 35.4 Å². The van der Waals surface area contributed by atoms with Crippen LogP contribution in [0.5, 0.6) is 0 Å². The lowest BCUT2D eigenvalue weighted by molar-refractivity contribution is -0.0328. The summed E-state index contributed by atoms with van der Waals surface area (Å²) in [6.45, 7) is 2.46. The molecule has 0 saturated heterocycles. The number of hydrogen-bond donors (Lipinski definition) is 0. The SMILES string of the molecule is Cc1nccn1Cc1cn(-c2cccc(SC(F)(F)F)c2)cn1. The van der Waals surface area contributed by atoms with Crippen molar-refractivity contribution in [1.29, 1.82) is 0 Å². The van der Waals surface area contributed by atoms with E-state index in [0.717, 1.165) is 11.5 Å². The molecule has 3 rings (SSSR count). The fraction of sp³-hybridized carbons (Fsp3) is 0.200. The van der Waals surface area contributed by atoms with Gasteiger partial charge in [0, 0.05) is 29.2 Å². The summed E-state index contributed by atoms with van der Waals surface area (Å²) < 4.78 is 41.1. The van der Waals surface area contributed by atoms with Crippen molar-refractivity contribution in [2.45, 2.75) is 23.9 Å². The Morgan fingerprint density at radius 2 is 2.04 bits per heavy atom. The molecule has 1 aromatic carbocycles. The monoisotopic (exact) mass is 338 g/mol. The van der Waals surface area contributed by atoms with Gasteiger partial charge in [-0.2, -0.15) is 13.2 Å². The van der Waals surface area contributed by atoms with E-state index < -0.39 is 5.51 Å². The van der Waals surface area contributed by atoms with E-state index in [2.05, 4.69) is 9.97 Å². The fourth-order valence-electron chi connectivity index (χ4n) is 2.17. The zero-order valence-electron chi connectivity index (χ0n) is 12.2. The third-order valence-corrected chi connectivity index (χ3v) is 3.96. The van der Waals surface area contributed by atoms with E-state index in [-0.39, 0.29) is 16.7 Å². The quantitative estimate of drug-likeness (QED) is 0.674. The van der Waals surface area contributed by atoms with Crippen molar-refractivity contribution in [3.63, 3.8) is 0 Å². The summed E-state index contributed by atoms with van der Waals surface area (Å²) in [7, 11) is 0. The largest absolute Gasteiger partial charge is 0.446 e. The number of aromatic nitrogens is 4. The molecule has 0 atom stereocenters. The first-order chi connectivity index (χ1) is 10.9. The Labute approximate surface area is 135 Å². The molecule has 2 heterocycles. The van der Waals surface area contributed by atoms with Crippen molar-refractivity contribution >= 4 is 11.8 Å². The minimum absolute atomic E-state index is 0.124. The maximum absolute atomic E-state index is 12.5. The molecule has 0 radical (unpaired) electrons. The highest BCUT2D eigenvalue weighted by Crippen LogP contribution is 2.37. The average Bonchev–Trinajstić information content (AvgIpc) is 3.08. The Balaban J connectivity index is 1.80. The third-order valence-electron chi connectivity index (χ3n) is 3.24. The van der Waals surface area contributed by atoms with Crippen LogP contribution in [0.4, 0.5) is 13.2 Å². The van der Waals surface area contributed by atoms with Crippen LogP contribution in [-0.4, -0.2) is 24.6 Å². The molecule has 0 unspecified atom stereocenters. The van der Waals surface area contributed by atoms with Gasteiger partial charge in [0.2, 0.25) is 0 Å². The topological polar surface area (TPSA) is 35.6 Å². The summed E-state index contributed by atoms with van der Waals surface area (Å²) in [4.78, 5) is 8.59. The van der Waals surface area contributed by atoms with Crippen molar-refractivity contribution in [2.24, 2.45) is 0 Å². The van der Waals surface area contributed by atoms with Gasteiger partial charge in [-0.15, -0.1) is 0 Å². The zero-order chi connectivity index (χ0) is 16.4. The number of benzene rings is 1. The second-order valence-electron chi connectivity index (χ2n) is 4.92. The first-order valence-corrected chi connectivity index (χ1v) is 7.59. The average molecular weight is 338 g/mol. The highest BCUT2D eigenvalue weighted by molar-refractivity contribution is 8.00. The lowest BCUT2D eigenvalue weighted by Crippen LogP contribution is -2.01. The Bertz CT molecular complexity index is 807. The van der Waals surface area contributed by atoms with Gasteiger partial charge >= 0.3 is 5.51 Å². The highest BCUT2D eigenvalue weighted by atomic mass is 32.2. The van der Waals surface area contributed by atoms with Crippen molar-refractivity contribution in [3.05, 3.63) is 60.7 Å². The molecule has 0 saturated carbocycles. The second-order valence-corrected chi connectivity index (χ2v) is 6.06. The van der Waals surface area contributed by atoms with Gasteiger partial charge in [-0.1, -0.05) is 6.07 Å². The van der Waals surface area contributed by atoms with Crippen LogP contribution in [0.15, 0.2) is 54.1 Å². The van der Waals surface area contributed by atoms with E-state index in [9.17, 15) is 13.2 Å². The first-order valence-electron chi connectivity index (χ1n) is 6.77. The molecular formula is C15H13F3N4S. The minimum atomic E-state index is -4.29. The van der Waals surface area contributed by atoms with Crippen LogP contribution in [0.2, 0.25) is 0 Å². The highest BCUT2D eigenvalue weighted by Gasteiger charge is 2.29. The van der Waals surface area contributed by atoms with Crippen LogP contribution < -0.4 is 0 Å². The molecule has 0 fully saturated rings. The van der Waals surface area contributed by atoms with Crippen molar-refractivity contribution in [3.8, 4) is 5.69 Å². The summed E-state index contributed by atoms with van der Waals surface area (Å²) in [5.41, 5.74) is -2.85. The van der Waals surface area contributed by atoms with Gasteiger partial charge in [-0.25, -0.2) is 9.97 Å². The standard InChI is InChI=1S/C15H13F3N4S/c1-11-19-5-6-21(11)8-12-9-22(10-20-12)13-3-2-4-14(7-13)23-15(16,17)18/h2-7,9-10H,8H2,1H3. The molecule has 23 heavy (non-hydrogen) atoms. The molecular weight excluding hydrogens is 325 g/mol. The summed E-state index contributed by atoms with van der Waals surface area (Å²) in [6, 6.07) is 6.28. The number of imidazole rings is 2. The molecule has 0 amide bonds. The summed E-state index contributed by atoms with van der Waals surface area (Å²) in [6.07, 6.45) is 6.97. The molecule has 0 aliphatic heterocycles. The van der Waals surface area contributed by atoms with Crippen molar-refractivity contribution in [1.82, 2.24) is 19.1 Å². The van der Waals surface area contributed by atoms with E-state index in [1.165, 1.54) is 12.1 Å². The number of alkyl halides is 3. The fourth-order valence-corrected chi connectivity index (χ4v) is 2.77. The van der Waals surface area contributed by atoms with E-state index in [0.29, 0.717) is 12.2 Å². The molecule has 2 aromatic heterocycles. The van der Waals surface area contributed by atoms with Crippen LogP contribution in [-0.2, 0) is 6.54 Å². The number of rotatable bonds is 4. The molecule has 0 N–H and O–H groups in total. The number of halogens is 3. The lowest BCUT2D eigenvalue weighted by atomic mass is 10.3. The van der Waals surface area contributed by atoms with E-state index in [4.69, 9.17) is 0 Å². The number of aryl methyl sites for hydroxylation is 1. The first kappa shape index (κ1) is 15.7. The molecule has 0 aliphatic rings. The van der Waals surface area contributed by atoms with Crippen LogP contribution in [0.25, 0.3) is 5.69 Å². The Kier molecular flexibility index (Phi) is 4.16. The van der Waals surface area contributed by atoms with Crippen LogP contribution >= 0.6 is 11.8 Å². The van der Waals surface area contributed by atoms with Gasteiger partial charge in [-0.3, -0.25) is 0 Å². The van der Waals surface area contributed by atoms with Gasteiger partial charge in [0.15, 0.2) is 0 Å². The van der Waals surface area contributed by atoms with Crippen molar-refractivity contribution in [2.75, 3.05) is 0 Å². The van der Waals surface area contributed by atoms with Gasteiger partial charge < -0.3 is 9.13 Å². The lowest BCUT2D eigenvalue weighted by Gasteiger charge is -2.08. The Morgan fingerprint density at radius 3 is 2.74 bits per heavy atom. The number of hydrogen-bond acceptors (Lipinski definition) is 3. The van der Waals surface area contributed by atoms with E-state index >= 15 is 0 Å². The predicted octanol–water partition coefficient (Wildman–Crippen LogP) is 4.04.